The molecule has 0 atom stereocenters. The first-order chi connectivity index (χ1) is 2.89. The Bertz CT molecular complexity index is 116. The van der Waals surface area contributed by atoms with Crippen molar-refractivity contribution < 1.29 is 0 Å². The average Bonchev–Trinajstić information content (AvgIpc) is 1.86. The molecule has 0 amide bonds. The van der Waals surface area contributed by atoms with Gasteiger partial charge in [-0.3, -0.25) is 0 Å². The summed E-state index contributed by atoms with van der Waals surface area (Å²) in [5, 5.41) is 0.662. The van der Waals surface area contributed by atoms with E-state index >= 15 is 0 Å². The summed E-state index contributed by atoms with van der Waals surface area (Å²) < 4.78 is 0. The minimum atomic E-state index is 0. The van der Waals surface area contributed by atoms with Crippen molar-refractivity contribution >= 4 is 37.1 Å². The van der Waals surface area contributed by atoms with Gasteiger partial charge in [0.2, 0.25) is 0 Å². The molecule has 0 radical (unpaired) electrons. The summed E-state index contributed by atoms with van der Waals surface area (Å²) >= 11 is 3.87. The van der Waals surface area contributed by atoms with Crippen LogP contribution in [0.1, 0.15) is 0 Å². The van der Waals surface area contributed by atoms with E-state index in [9.17, 15) is 0 Å². The van der Waals surface area contributed by atoms with E-state index in [0.29, 0.717) is 5.16 Å². The molecule has 1 heterocycles. The van der Waals surface area contributed by atoms with Crippen molar-refractivity contribution in [1.82, 2.24) is 9.97 Å². The first-order valence-corrected chi connectivity index (χ1v) is 2.02. The summed E-state index contributed by atoms with van der Waals surface area (Å²) in [5.41, 5.74) is 0. The van der Waals surface area contributed by atoms with Gasteiger partial charge >= 0.3 is 24.4 Å². The molecule has 0 aliphatic rings. The van der Waals surface area contributed by atoms with Crippen LogP contribution in [-0.2, 0) is 0 Å². The number of aromatic amines is 1. The van der Waals surface area contributed by atoms with Gasteiger partial charge in [0.15, 0.2) is 5.16 Å². The summed E-state index contributed by atoms with van der Waals surface area (Å²) in [4.78, 5) is 6.48. The Kier molecular flexibility index (Phi) is 3.57. The van der Waals surface area contributed by atoms with E-state index in [1.54, 1.807) is 12.4 Å². The molecule has 0 saturated heterocycles. The summed E-state index contributed by atoms with van der Waals surface area (Å²) in [7, 11) is 0. The van der Waals surface area contributed by atoms with E-state index in [4.69, 9.17) is 0 Å². The molecule has 1 N–H and O–H groups in total. The Morgan fingerprint density at radius 1 is 1.71 bits per heavy atom. The maximum absolute atomic E-state index is 3.87. The van der Waals surface area contributed by atoms with E-state index in [1.165, 1.54) is 0 Å². The summed E-state index contributed by atoms with van der Waals surface area (Å²) in [6, 6.07) is 0. The Balaban J connectivity index is 0.000000360. The first kappa shape index (κ1) is 7.38. The van der Waals surface area contributed by atoms with Crippen LogP contribution < -0.4 is 0 Å². The van der Waals surface area contributed by atoms with Crippen LogP contribution in [0, 0.1) is 0 Å². The second kappa shape index (κ2) is 3.39. The number of hydrogen-bond donors (Lipinski definition) is 2. The fourth-order valence-corrected chi connectivity index (χ4v) is 0.398. The molecule has 40 valence electrons. The molecule has 0 aliphatic carbocycles. The quantitative estimate of drug-likeness (QED) is 0.452. The minimum absolute atomic E-state index is 0. The Hall–Kier alpha value is 0.378. The van der Waals surface area contributed by atoms with Gasteiger partial charge in [0.25, 0.3) is 0 Å². The zero-order valence-corrected chi connectivity index (χ0v) is 8.69. The van der Waals surface area contributed by atoms with Crippen molar-refractivity contribution in [3.63, 3.8) is 0 Å². The van der Waals surface area contributed by atoms with Gasteiger partial charge in [-0.25, -0.2) is 4.98 Å². The maximum atomic E-state index is 3.87. The molecule has 0 aromatic carbocycles. The van der Waals surface area contributed by atoms with E-state index in [0.717, 1.165) is 0 Å². The predicted octanol–water partition coefficient (Wildman–Crippen LogP) is -0.485. The summed E-state index contributed by atoms with van der Waals surface area (Å²) in [5.74, 6) is 0. The van der Waals surface area contributed by atoms with Gasteiger partial charge in [0, 0.05) is 12.4 Å². The van der Waals surface area contributed by atoms with Gasteiger partial charge in [0.05, 0.1) is 0 Å². The molecule has 1 aromatic rings. The fraction of sp³-hybridized carbons (Fsp3) is 0. The molecule has 1 aromatic heterocycles. The summed E-state index contributed by atoms with van der Waals surface area (Å²) in [6.07, 6.45) is 3.38. The van der Waals surface area contributed by atoms with Crippen LogP contribution in [0.25, 0.3) is 0 Å². The molecule has 7 heavy (non-hydrogen) atoms. The second-order valence-electron chi connectivity index (χ2n) is 0.913. The van der Waals surface area contributed by atoms with Gasteiger partial charge in [-0.2, -0.15) is 0 Å². The van der Waals surface area contributed by atoms with E-state index < -0.39 is 0 Å². The number of thiol groups is 1. The van der Waals surface area contributed by atoms with Gasteiger partial charge in [-0.15, -0.1) is 12.6 Å². The monoisotopic (exact) mass is 224 g/mol. The molecule has 4 heteroatoms. The van der Waals surface area contributed by atoms with Crippen LogP contribution in [0.2, 0.25) is 0 Å². The first-order valence-electron chi connectivity index (χ1n) is 1.58. The van der Waals surface area contributed by atoms with Gasteiger partial charge in [0.1, 0.15) is 0 Å². The van der Waals surface area contributed by atoms with Gasteiger partial charge < -0.3 is 4.98 Å². The number of imidazole rings is 1. The predicted molar refractivity (Wildman–Crippen MR) is 35.8 cm³/mol. The van der Waals surface area contributed by atoms with Crippen molar-refractivity contribution in [3.8, 4) is 0 Å². The number of nitrogens with one attached hydrogen (secondary N) is 1. The third kappa shape index (κ3) is 2.25. The molecule has 0 bridgehead atoms. The number of hydrogen-bond acceptors (Lipinski definition) is 2. The van der Waals surface area contributed by atoms with Gasteiger partial charge in [-0.05, 0) is 0 Å². The fourth-order valence-electron chi connectivity index (χ4n) is 0.257. The van der Waals surface area contributed by atoms with E-state index in [1.807, 2.05) is 0 Å². The van der Waals surface area contributed by atoms with Crippen molar-refractivity contribution in [2.45, 2.75) is 5.16 Å². The van der Waals surface area contributed by atoms with Crippen molar-refractivity contribution in [2.24, 2.45) is 0 Å². The van der Waals surface area contributed by atoms with Crippen LogP contribution in [0.3, 0.4) is 0 Å². The Morgan fingerprint density at radius 3 is 2.57 bits per heavy atom. The molecule has 0 fully saturated rings. The number of nitrogens with zero attached hydrogens (tertiary/aromatic N) is 1. The number of H-pyrrole nitrogens is 1. The van der Waals surface area contributed by atoms with Crippen LogP contribution in [0.5, 0.6) is 0 Å². The van der Waals surface area contributed by atoms with Crippen LogP contribution in [-0.4, -0.2) is 34.4 Å². The van der Waals surface area contributed by atoms with Crippen molar-refractivity contribution in [1.29, 1.82) is 0 Å². The van der Waals surface area contributed by atoms with Crippen molar-refractivity contribution in [2.75, 3.05) is 0 Å². The zero-order valence-electron chi connectivity index (χ0n) is 3.76. The summed E-state index contributed by atoms with van der Waals surface area (Å²) in [6.45, 7) is 0. The average molecular weight is 225 g/mol. The molecule has 0 aliphatic heterocycles. The number of rotatable bonds is 0. The van der Waals surface area contributed by atoms with Crippen LogP contribution in [0.4, 0.5) is 0 Å². The molecule has 0 unspecified atom stereocenters. The van der Waals surface area contributed by atoms with E-state index in [2.05, 4.69) is 22.6 Å². The topological polar surface area (TPSA) is 28.7 Å². The molecular formula is C3H7N2SSb. The zero-order chi connectivity index (χ0) is 4.41. The van der Waals surface area contributed by atoms with Crippen LogP contribution >= 0.6 is 12.6 Å². The third-order valence-corrected chi connectivity index (χ3v) is 0.728. The molecular weight excluding hydrogens is 218 g/mol. The normalized spacial score (nSPS) is 7.57. The van der Waals surface area contributed by atoms with Gasteiger partial charge in [-0.1, -0.05) is 0 Å². The van der Waals surface area contributed by atoms with Crippen molar-refractivity contribution in [3.05, 3.63) is 12.4 Å². The SMILES string of the molecule is Sc1ncc[nH]1.[SbH3]. The van der Waals surface area contributed by atoms with E-state index in [-0.39, 0.29) is 24.4 Å². The Morgan fingerprint density at radius 2 is 2.43 bits per heavy atom. The Labute approximate surface area is 64.6 Å². The van der Waals surface area contributed by atoms with Crippen LogP contribution in [0.15, 0.2) is 17.6 Å². The molecule has 0 saturated carbocycles. The second-order valence-corrected chi connectivity index (χ2v) is 1.34. The number of aromatic nitrogens is 2. The molecule has 2 nitrogen and oxygen atoms in total. The molecule has 0 spiro atoms. The third-order valence-electron chi connectivity index (χ3n) is 0.484. The standard InChI is InChI=1S/C3H4N2S.Sb.3H/c6-3-4-1-2-5-3;;;;/h1-2H,(H2,4,5,6);;;;. The molecule has 1 rings (SSSR count).